The summed E-state index contributed by atoms with van der Waals surface area (Å²) in [6.45, 7) is 0.338. The monoisotopic (exact) mass is 597 g/mol. The Morgan fingerprint density at radius 3 is 2.57 bits per heavy atom. The molecule has 0 unspecified atom stereocenters. The number of nitrogens with two attached hydrogens (primary N) is 1. The Kier molecular flexibility index (Phi) is 8.21. The molecule has 2 atom stereocenters. The highest BCUT2D eigenvalue weighted by Crippen LogP contribution is 2.46. The first-order valence-electron chi connectivity index (χ1n) is 13.6. The van der Waals surface area contributed by atoms with Crippen molar-refractivity contribution < 1.29 is 23.4 Å². The van der Waals surface area contributed by atoms with Gasteiger partial charge in [0.05, 0.1) is 28.8 Å². The average Bonchev–Trinajstić information content (AvgIpc) is 2.98. The summed E-state index contributed by atoms with van der Waals surface area (Å²) in [5.74, 6) is -4.16. The van der Waals surface area contributed by atoms with Crippen molar-refractivity contribution in [1.29, 1.82) is 5.26 Å². The van der Waals surface area contributed by atoms with Crippen LogP contribution in [-0.4, -0.2) is 50.1 Å². The van der Waals surface area contributed by atoms with Crippen molar-refractivity contribution in [3.63, 3.8) is 0 Å². The highest BCUT2D eigenvalue weighted by Gasteiger charge is 2.46. The molecule has 1 aromatic heterocycles. The van der Waals surface area contributed by atoms with E-state index in [0.29, 0.717) is 5.56 Å². The molecule has 0 spiro atoms. The van der Waals surface area contributed by atoms with Crippen LogP contribution in [0, 0.1) is 17.2 Å². The van der Waals surface area contributed by atoms with Crippen molar-refractivity contribution >= 4 is 23.2 Å². The fourth-order valence-corrected chi connectivity index (χ4v) is 5.99. The van der Waals surface area contributed by atoms with Crippen LogP contribution in [0.1, 0.15) is 49.1 Å². The van der Waals surface area contributed by atoms with Gasteiger partial charge in [-0.15, -0.1) is 0 Å². The number of nitrogen functional groups attached to an aromatic ring is 1. The Labute approximate surface area is 246 Å². The van der Waals surface area contributed by atoms with Crippen LogP contribution < -0.4 is 16.0 Å². The van der Waals surface area contributed by atoms with Gasteiger partial charge in [0.15, 0.2) is 5.69 Å². The number of nitriles is 1. The number of likely N-dealkylation sites (tertiary alicyclic amines) is 1. The summed E-state index contributed by atoms with van der Waals surface area (Å²) in [7, 11) is 0. The first-order valence-corrected chi connectivity index (χ1v) is 14.0. The highest BCUT2D eigenvalue weighted by atomic mass is 35.5. The van der Waals surface area contributed by atoms with Crippen molar-refractivity contribution in [1.82, 2.24) is 14.5 Å². The number of carbonyl (C=O) groups is 1. The van der Waals surface area contributed by atoms with Crippen LogP contribution in [0.5, 0.6) is 11.6 Å². The molecule has 220 valence electrons. The largest absolute Gasteiger partial charge is 0.435 e. The minimum atomic E-state index is -2.82. The lowest BCUT2D eigenvalue weighted by molar-refractivity contribution is -0.145. The van der Waals surface area contributed by atoms with Crippen LogP contribution in [0.3, 0.4) is 0 Å². The van der Waals surface area contributed by atoms with Gasteiger partial charge in [0.1, 0.15) is 12.1 Å². The second-order valence-corrected chi connectivity index (χ2v) is 11.4. The SMILES string of the molecule is N#Cc1ccc(Oc2ncn(CC3(O)CCN(C(=O)[C@@H]4CCC(F)(F)C[C@H]4c4ccccc4)CC3)c(=O)c2N)c(Cl)c1. The van der Waals surface area contributed by atoms with Crippen molar-refractivity contribution in [2.24, 2.45) is 5.92 Å². The fourth-order valence-electron chi connectivity index (χ4n) is 5.77. The standard InChI is InChI=1S/C30H30ClF2N5O4/c31-23-14-19(16-34)6-7-24(23)42-26-25(35)28(40)38(18-36-26)17-29(41)10-12-37(13-11-29)27(39)21-8-9-30(32,33)15-22(21)20-4-2-1-3-5-20/h1-7,14,18,21-22,41H,8-13,15,17,35H2/t21-,22+/m1/s1. The number of hydrogen-bond acceptors (Lipinski definition) is 7. The molecule has 42 heavy (non-hydrogen) atoms. The van der Waals surface area contributed by atoms with Gasteiger partial charge in [-0.2, -0.15) is 5.26 Å². The fraction of sp³-hybridized carbons (Fsp3) is 0.400. The summed E-state index contributed by atoms with van der Waals surface area (Å²) in [4.78, 5) is 32.3. The Hall–Kier alpha value is -4.01. The zero-order chi connectivity index (χ0) is 30.1. The van der Waals surface area contributed by atoms with E-state index in [9.17, 15) is 23.5 Å². The van der Waals surface area contributed by atoms with E-state index in [1.54, 1.807) is 29.2 Å². The molecule has 2 aliphatic rings. The minimum absolute atomic E-state index is 0.0919. The van der Waals surface area contributed by atoms with Gasteiger partial charge in [-0.3, -0.25) is 14.2 Å². The molecule has 1 saturated heterocycles. The number of benzene rings is 2. The zero-order valence-electron chi connectivity index (χ0n) is 22.7. The van der Waals surface area contributed by atoms with Gasteiger partial charge in [-0.25, -0.2) is 13.8 Å². The van der Waals surface area contributed by atoms with Crippen molar-refractivity contribution in [2.45, 2.75) is 56.1 Å². The van der Waals surface area contributed by atoms with Crippen molar-refractivity contribution in [3.05, 3.63) is 81.4 Å². The summed E-state index contributed by atoms with van der Waals surface area (Å²) >= 11 is 6.14. The van der Waals surface area contributed by atoms with Crippen molar-refractivity contribution in [2.75, 3.05) is 18.8 Å². The lowest BCUT2D eigenvalue weighted by Crippen LogP contribution is -2.52. The Morgan fingerprint density at radius 1 is 1.19 bits per heavy atom. The van der Waals surface area contributed by atoms with Crippen LogP contribution >= 0.6 is 11.6 Å². The summed E-state index contributed by atoms with van der Waals surface area (Å²) < 4.78 is 35.5. The first-order chi connectivity index (χ1) is 20.0. The number of anilines is 1. The van der Waals surface area contributed by atoms with E-state index in [1.165, 1.54) is 29.1 Å². The Morgan fingerprint density at radius 2 is 1.90 bits per heavy atom. The number of alkyl halides is 2. The molecule has 1 amide bonds. The van der Waals surface area contributed by atoms with E-state index < -0.39 is 28.9 Å². The number of hydrogen-bond donors (Lipinski definition) is 2. The predicted molar refractivity (Wildman–Crippen MR) is 151 cm³/mol. The summed E-state index contributed by atoms with van der Waals surface area (Å²) in [6, 6.07) is 15.3. The molecule has 2 heterocycles. The minimum Gasteiger partial charge on any atom is -0.435 e. The predicted octanol–water partition coefficient (Wildman–Crippen LogP) is 4.72. The lowest BCUT2D eigenvalue weighted by Gasteiger charge is -2.42. The number of amides is 1. The number of halogens is 3. The first kappa shape index (κ1) is 29.5. The maximum absolute atomic E-state index is 14.3. The van der Waals surface area contributed by atoms with Crippen LogP contribution in [-0.2, 0) is 11.3 Å². The molecule has 0 bridgehead atoms. The topological polar surface area (TPSA) is 134 Å². The molecule has 2 aromatic carbocycles. The molecule has 0 radical (unpaired) electrons. The van der Waals surface area contributed by atoms with Crippen LogP contribution in [0.25, 0.3) is 0 Å². The lowest BCUT2D eigenvalue weighted by atomic mass is 9.73. The molecule has 3 aromatic rings. The third kappa shape index (κ3) is 6.25. The molecule has 1 aliphatic carbocycles. The highest BCUT2D eigenvalue weighted by molar-refractivity contribution is 6.32. The maximum Gasteiger partial charge on any atom is 0.280 e. The van der Waals surface area contributed by atoms with Crippen molar-refractivity contribution in [3.8, 4) is 17.7 Å². The van der Waals surface area contributed by atoms with Gasteiger partial charge in [-0.1, -0.05) is 41.9 Å². The van der Waals surface area contributed by atoms with Crippen LogP contribution in [0.15, 0.2) is 59.7 Å². The average molecular weight is 598 g/mol. The zero-order valence-corrected chi connectivity index (χ0v) is 23.4. The van der Waals surface area contributed by atoms with Gasteiger partial charge in [-0.05, 0) is 43.0 Å². The van der Waals surface area contributed by atoms with Gasteiger partial charge >= 0.3 is 0 Å². The molecule has 5 rings (SSSR count). The third-order valence-corrected chi connectivity index (χ3v) is 8.44. The van der Waals surface area contributed by atoms with E-state index in [-0.39, 0.29) is 80.0 Å². The summed E-state index contributed by atoms with van der Waals surface area (Å²) in [5, 5.41) is 20.4. The second kappa shape index (κ2) is 11.7. The number of carbonyl (C=O) groups excluding carboxylic acids is 1. The smallest absolute Gasteiger partial charge is 0.280 e. The molecule has 1 saturated carbocycles. The van der Waals surface area contributed by atoms with Crippen LogP contribution in [0.2, 0.25) is 5.02 Å². The van der Waals surface area contributed by atoms with Crippen LogP contribution in [0.4, 0.5) is 14.5 Å². The molecular weight excluding hydrogens is 568 g/mol. The summed E-state index contributed by atoms with van der Waals surface area (Å²) in [5.41, 5.74) is 4.85. The molecule has 3 N–H and O–H groups in total. The number of rotatable bonds is 6. The quantitative estimate of drug-likeness (QED) is 0.420. The molecule has 2 fully saturated rings. The van der Waals surface area contributed by atoms with E-state index in [0.717, 1.165) is 5.56 Å². The number of aromatic nitrogens is 2. The normalized spacial score (nSPS) is 21.4. The molecule has 1 aliphatic heterocycles. The molecule has 12 heteroatoms. The number of piperidine rings is 1. The Bertz CT molecular complexity index is 1570. The second-order valence-electron chi connectivity index (χ2n) is 11.0. The van der Waals surface area contributed by atoms with Gasteiger partial charge in [0.25, 0.3) is 5.56 Å². The van der Waals surface area contributed by atoms with Gasteiger partial charge in [0, 0.05) is 37.8 Å². The van der Waals surface area contributed by atoms with E-state index in [4.69, 9.17) is 27.3 Å². The van der Waals surface area contributed by atoms with E-state index in [2.05, 4.69) is 4.98 Å². The molecular formula is C30H30ClF2N5O4. The number of aliphatic hydroxyl groups is 1. The number of nitrogens with zero attached hydrogens (tertiary/aromatic N) is 4. The van der Waals surface area contributed by atoms with Gasteiger partial charge in [0.2, 0.25) is 17.7 Å². The Balaban J connectivity index is 1.25. The third-order valence-electron chi connectivity index (χ3n) is 8.14. The maximum atomic E-state index is 14.3. The van der Waals surface area contributed by atoms with E-state index in [1.807, 2.05) is 12.1 Å². The van der Waals surface area contributed by atoms with E-state index >= 15 is 0 Å². The van der Waals surface area contributed by atoms with Gasteiger partial charge < -0.3 is 20.5 Å². The number of ether oxygens (including phenoxy) is 1. The summed E-state index contributed by atoms with van der Waals surface area (Å²) in [6.07, 6.45) is 0.965. The molecule has 9 nitrogen and oxygen atoms in total.